The van der Waals surface area contributed by atoms with Gasteiger partial charge in [-0.1, -0.05) is 0 Å². The number of nitrogen functional groups attached to an aromatic ring is 1. The van der Waals surface area contributed by atoms with Gasteiger partial charge in [0.15, 0.2) is 9.84 Å². The molecule has 2 rings (SSSR count). The van der Waals surface area contributed by atoms with E-state index in [1.165, 1.54) is 6.26 Å². The number of aromatic nitrogens is 2. The van der Waals surface area contributed by atoms with E-state index in [4.69, 9.17) is 5.73 Å². The smallest absolute Gasteiger partial charge is 0.175 e. The Morgan fingerprint density at radius 2 is 1.72 bits per heavy atom. The van der Waals surface area contributed by atoms with Crippen LogP contribution in [-0.4, -0.2) is 24.5 Å². The van der Waals surface area contributed by atoms with Crippen LogP contribution in [0.2, 0.25) is 0 Å². The van der Waals surface area contributed by atoms with E-state index in [0.717, 1.165) is 17.1 Å². The van der Waals surface area contributed by atoms with Crippen molar-refractivity contribution in [2.45, 2.75) is 18.7 Å². The molecule has 6 heteroatoms. The van der Waals surface area contributed by atoms with E-state index in [2.05, 4.69) is 5.10 Å². The zero-order valence-corrected chi connectivity index (χ0v) is 11.3. The van der Waals surface area contributed by atoms with Gasteiger partial charge in [0.05, 0.1) is 27.7 Å². The first-order valence-electron chi connectivity index (χ1n) is 5.43. The maximum absolute atomic E-state index is 11.4. The number of anilines is 1. The molecule has 0 fully saturated rings. The van der Waals surface area contributed by atoms with Gasteiger partial charge in [0, 0.05) is 6.26 Å². The number of hydrogen-bond donors (Lipinski definition) is 1. The molecule has 0 aliphatic carbocycles. The molecule has 1 heterocycles. The molecule has 2 N–H and O–H groups in total. The summed E-state index contributed by atoms with van der Waals surface area (Å²) in [6.07, 6.45) is 1.18. The van der Waals surface area contributed by atoms with E-state index >= 15 is 0 Å². The molecule has 18 heavy (non-hydrogen) atoms. The average molecular weight is 265 g/mol. The summed E-state index contributed by atoms with van der Waals surface area (Å²) in [4.78, 5) is 0.292. The van der Waals surface area contributed by atoms with Crippen LogP contribution in [0.25, 0.3) is 5.69 Å². The first-order chi connectivity index (χ1) is 8.30. The Balaban J connectivity index is 2.50. The minimum Gasteiger partial charge on any atom is -0.396 e. The summed E-state index contributed by atoms with van der Waals surface area (Å²) >= 11 is 0. The third-order valence-corrected chi connectivity index (χ3v) is 3.99. The highest BCUT2D eigenvalue weighted by Gasteiger charge is 2.11. The molecular weight excluding hydrogens is 250 g/mol. The predicted molar refractivity (Wildman–Crippen MR) is 70.6 cm³/mol. The Morgan fingerprint density at radius 1 is 1.17 bits per heavy atom. The molecule has 0 aliphatic heterocycles. The van der Waals surface area contributed by atoms with E-state index in [1.807, 2.05) is 13.8 Å². The van der Waals surface area contributed by atoms with Crippen LogP contribution in [0.15, 0.2) is 29.2 Å². The quantitative estimate of drug-likeness (QED) is 0.892. The second-order valence-electron chi connectivity index (χ2n) is 4.26. The first kappa shape index (κ1) is 12.6. The van der Waals surface area contributed by atoms with Gasteiger partial charge >= 0.3 is 0 Å². The van der Waals surface area contributed by atoms with E-state index in [1.54, 1.807) is 28.9 Å². The SMILES string of the molecule is Cc1nn(-c2ccc(S(C)(=O)=O)cc2)c(C)c1N. The molecule has 0 spiro atoms. The lowest BCUT2D eigenvalue weighted by molar-refractivity contribution is 0.602. The zero-order valence-electron chi connectivity index (χ0n) is 10.5. The minimum atomic E-state index is -3.17. The summed E-state index contributed by atoms with van der Waals surface area (Å²) in [6.45, 7) is 3.71. The molecule has 0 atom stereocenters. The molecule has 0 saturated carbocycles. The number of rotatable bonds is 2. The van der Waals surface area contributed by atoms with Gasteiger partial charge in [0.1, 0.15) is 0 Å². The largest absolute Gasteiger partial charge is 0.396 e. The zero-order chi connectivity index (χ0) is 13.5. The highest BCUT2D eigenvalue weighted by Crippen LogP contribution is 2.20. The number of sulfone groups is 1. The van der Waals surface area contributed by atoms with E-state index in [9.17, 15) is 8.42 Å². The lowest BCUT2D eigenvalue weighted by atomic mass is 10.3. The van der Waals surface area contributed by atoms with Gasteiger partial charge in [0.2, 0.25) is 0 Å². The lowest BCUT2D eigenvalue weighted by Gasteiger charge is -2.05. The number of nitrogens with two attached hydrogens (primary N) is 1. The van der Waals surface area contributed by atoms with Gasteiger partial charge in [-0.15, -0.1) is 0 Å². The molecule has 1 aromatic heterocycles. The summed E-state index contributed by atoms with van der Waals surface area (Å²) in [5, 5.41) is 4.31. The van der Waals surface area contributed by atoms with Gasteiger partial charge in [-0.25, -0.2) is 13.1 Å². The van der Waals surface area contributed by atoms with Crippen LogP contribution in [0.3, 0.4) is 0 Å². The number of aryl methyl sites for hydroxylation is 1. The topological polar surface area (TPSA) is 78.0 Å². The van der Waals surface area contributed by atoms with Crippen molar-refractivity contribution in [1.82, 2.24) is 9.78 Å². The predicted octanol–water partition coefficient (Wildman–Crippen LogP) is 1.47. The van der Waals surface area contributed by atoms with Crippen LogP contribution in [0.4, 0.5) is 5.69 Å². The lowest BCUT2D eigenvalue weighted by Crippen LogP contribution is -2.01. The fourth-order valence-corrected chi connectivity index (χ4v) is 2.37. The van der Waals surface area contributed by atoms with Gasteiger partial charge in [0.25, 0.3) is 0 Å². The molecular formula is C12H15N3O2S. The van der Waals surface area contributed by atoms with E-state index in [-0.39, 0.29) is 0 Å². The Labute approximate surface area is 106 Å². The first-order valence-corrected chi connectivity index (χ1v) is 7.32. The molecule has 0 bridgehead atoms. The van der Waals surface area contributed by atoms with Crippen LogP contribution in [0.1, 0.15) is 11.4 Å². The Kier molecular flexibility index (Phi) is 2.90. The van der Waals surface area contributed by atoms with Crippen molar-refractivity contribution in [3.05, 3.63) is 35.7 Å². The highest BCUT2D eigenvalue weighted by molar-refractivity contribution is 7.90. The molecule has 0 unspecified atom stereocenters. The third-order valence-electron chi connectivity index (χ3n) is 2.86. The average Bonchev–Trinajstić information content (AvgIpc) is 2.56. The van der Waals surface area contributed by atoms with Crippen LogP contribution >= 0.6 is 0 Å². The van der Waals surface area contributed by atoms with E-state index < -0.39 is 9.84 Å². The molecule has 1 aromatic carbocycles. The number of benzene rings is 1. The molecule has 2 aromatic rings. The van der Waals surface area contributed by atoms with Crippen LogP contribution in [0.5, 0.6) is 0 Å². The van der Waals surface area contributed by atoms with Crippen molar-refractivity contribution in [3.63, 3.8) is 0 Å². The highest BCUT2D eigenvalue weighted by atomic mass is 32.2. The standard InChI is InChI=1S/C12H15N3O2S/c1-8-12(13)9(2)15(14-8)10-4-6-11(7-5-10)18(3,16)17/h4-7H,13H2,1-3H3. The maximum atomic E-state index is 11.4. The van der Waals surface area contributed by atoms with Crippen LogP contribution in [0, 0.1) is 13.8 Å². The van der Waals surface area contributed by atoms with Gasteiger partial charge in [-0.05, 0) is 38.1 Å². The monoisotopic (exact) mass is 265 g/mol. The second-order valence-corrected chi connectivity index (χ2v) is 6.28. The molecule has 0 aliphatic rings. The number of nitrogens with zero attached hydrogens (tertiary/aromatic N) is 2. The van der Waals surface area contributed by atoms with Crippen molar-refractivity contribution in [2.75, 3.05) is 12.0 Å². The molecule has 96 valence electrons. The molecule has 0 amide bonds. The van der Waals surface area contributed by atoms with Crippen molar-refractivity contribution >= 4 is 15.5 Å². The summed E-state index contributed by atoms with van der Waals surface area (Å²) in [5.74, 6) is 0. The fraction of sp³-hybridized carbons (Fsp3) is 0.250. The number of hydrogen-bond acceptors (Lipinski definition) is 4. The molecule has 5 nitrogen and oxygen atoms in total. The fourth-order valence-electron chi connectivity index (χ4n) is 1.74. The third kappa shape index (κ3) is 2.11. The Hall–Kier alpha value is -1.82. The maximum Gasteiger partial charge on any atom is 0.175 e. The summed E-state index contributed by atoms with van der Waals surface area (Å²) in [6, 6.07) is 6.57. The van der Waals surface area contributed by atoms with Gasteiger partial charge in [-0.3, -0.25) is 0 Å². The minimum absolute atomic E-state index is 0.292. The van der Waals surface area contributed by atoms with Gasteiger partial charge < -0.3 is 5.73 Å². The van der Waals surface area contributed by atoms with Gasteiger partial charge in [-0.2, -0.15) is 5.10 Å². The summed E-state index contributed by atoms with van der Waals surface area (Å²) in [7, 11) is -3.17. The second kappa shape index (κ2) is 4.13. The Morgan fingerprint density at radius 3 is 2.11 bits per heavy atom. The van der Waals surface area contributed by atoms with Crippen LogP contribution < -0.4 is 5.73 Å². The van der Waals surface area contributed by atoms with Crippen molar-refractivity contribution in [3.8, 4) is 5.69 Å². The summed E-state index contributed by atoms with van der Waals surface area (Å²) in [5.41, 5.74) is 8.92. The van der Waals surface area contributed by atoms with Crippen molar-refractivity contribution in [1.29, 1.82) is 0 Å². The van der Waals surface area contributed by atoms with Crippen molar-refractivity contribution < 1.29 is 8.42 Å². The molecule has 0 saturated heterocycles. The van der Waals surface area contributed by atoms with Crippen LogP contribution in [-0.2, 0) is 9.84 Å². The van der Waals surface area contributed by atoms with E-state index in [0.29, 0.717) is 10.6 Å². The molecule has 0 radical (unpaired) electrons. The van der Waals surface area contributed by atoms with Crippen molar-refractivity contribution in [2.24, 2.45) is 0 Å². The summed E-state index contributed by atoms with van der Waals surface area (Å²) < 4.78 is 24.4. The Bertz CT molecular complexity index is 685. The normalized spacial score (nSPS) is 11.7.